The summed E-state index contributed by atoms with van der Waals surface area (Å²) in [6, 6.07) is 1.97. The summed E-state index contributed by atoms with van der Waals surface area (Å²) in [5, 5.41) is 9.52. The highest BCUT2D eigenvalue weighted by atomic mass is 32.2. The van der Waals surface area contributed by atoms with Crippen molar-refractivity contribution in [3.05, 3.63) is 30.2 Å². The molecule has 0 bridgehead atoms. The summed E-state index contributed by atoms with van der Waals surface area (Å²) >= 11 is 0. The summed E-state index contributed by atoms with van der Waals surface area (Å²) in [6.45, 7) is 0.173. The van der Waals surface area contributed by atoms with Crippen molar-refractivity contribution in [2.45, 2.75) is 56.0 Å². The van der Waals surface area contributed by atoms with E-state index in [1.807, 2.05) is 12.3 Å². The maximum atomic E-state index is 13.3. The van der Waals surface area contributed by atoms with Gasteiger partial charge in [-0.25, -0.2) is 13.4 Å². The van der Waals surface area contributed by atoms with Crippen LogP contribution in [0, 0.1) is 11.8 Å². The Hall–Kier alpha value is -2.27. The van der Waals surface area contributed by atoms with Crippen LogP contribution < -0.4 is 0 Å². The van der Waals surface area contributed by atoms with E-state index >= 15 is 0 Å². The summed E-state index contributed by atoms with van der Waals surface area (Å²) in [7, 11) is -2.85. The first-order chi connectivity index (χ1) is 15.8. The molecule has 2 unspecified atom stereocenters. The molecule has 0 radical (unpaired) electrons. The number of hydrogen-bond donors (Lipinski definition) is 2. The van der Waals surface area contributed by atoms with Crippen molar-refractivity contribution in [3.63, 3.8) is 0 Å². The van der Waals surface area contributed by atoms with Crippen molar-refractivity contribution < 1.29 is 21.6 Å². The molecular weight excluding hydrogens is 455 g/mol. The van der Waals surface area contributed by atoms with Gasteiger partial charge >= 0.3 is 6.18 Å². The quantitative estimate of drug-likeness (QED) is 0.548. The van der Waals surface area contributed by atoms with Gasteiger partial charge in [0, 0.05) is 23.5 Å². The Bertz CT molecular complexity index is 1210. The Morgan fingerprint density at radius 2 is 1.91 bits per heavy atom. The van der Waals surface area contributed by atoms with Gasteiger partial charge in [-0.3, -0.25) is 4.90 Å². The highest BCUT2D eigenvalue weighted by molar-refractivity contribution is 7.73. The van der Waals surface area contributed by atoms with Gasteiger partial charge in [0.2, 0.25) is 0 Å². The standard InChI is InChI=1S/C22H26F3N5O2S/c23-22(24,25)15-2-1-9-30(12-15)21(33(31)32)14-5-3-13(4-6-14)17-10-28-29-18-11-27-20-16(19(17)18)7-8-26-20/h7-8,10-11,13-15,21,33H,1-6,9,12H2,(H,26,27). The monoisotopic (exact) mass is 481 g/mol. The van der Waals surface area contributed by atoms with Crippen LogP contribution in [0.15, 0.2) is 24.7 Å². The topological polar surface area (TPSA) is 91.8 Å². The number of halogens is 3. The Kier molecular flexibility index (Phi) is 6.02. The number of nitrogens with zero attached hydrogens (tertiary/aromatic N) is 4. The van der Waals surface area contributed by atoms with Crippen LogP contribution in [0.3, 0.4) is 0 Å². The van der Waals surface area contributed by atoms with Crippen molar-refractivity contribution in [2.75, 3.05) is 13.1 Å². The van der Waals surface area contributed by atoms with Gasteiger partial charge in [-0.1, -0.05) is 0 Å². The number of pyridine rings is 1. The lowest BCUT2D eigenvalue weighted by atomic mass is 9.77. The molecule has 2 fully saturated rings. The zero-order chi connectivity index (χ0) is 23.2. The summed E-state index contributed by atoms with van der Waals surface area (Å²) in [4.78, 5) is 9.06. The third-order valence-electron chi connectivity index (χ3n) is 7.36. The van der Waals surface area contributed by atoms with E-state index in [1.54, 1.807) is 17.3 Å². The number of hydrogen-bond acceptors (Lipinski definition) is 6. The Labute approximate surface area is 190 Å². The molecule has 7 nitrogen and oxygen atoms in total. The molecule has 4 heterocycles. The summed E-state index contributed by atoms with van der Waals surface area (Å²) in [6.07, 6.45) is 4.28. The zero-order valence-electron chi connectivity index (χ0n) is 18.0. The fourth-order valence-electron chi connectivity index (χ4n) is 5.75. The number of aromatic amines is 1. The minimum Gasteiger partial charge on any atom is -0.346 e. The average molecular weight is 482 g/mol. The molecule has 1 saturated carbocycles. The van der Waals surface area contributed by atoms with Crippen molar-refractivity contribution in [2.24, 2.45) is 11.8 Å². The first kappa shape index (κ1) is 22.5. The predicted octanol–water partition coefficient (Wildman–Crippen LogP) is 3.99. The number of nitrogens with one attached hydrogen (secondary N) is 1. The molecule has 1 saturated heterocycles. The molecule has 178 valence electrons. The molecule has 5 rings (SSSR count). The first-order valence-corrected chi connectivity index (χ1v) is 12.6. The number of fused-ring (bicyclic) bond motifs is 3. The van der Waals surface area contributed by atoms with E-state index < -0.39 is 28.2 Å². The van der Waals surface area contributed by atoms with E-state index in [2.05, 4.69) is 20.2 Å². The molecule has 3 aromatic heterocycles. The summed E-state index contributed by atoms with van der Waals surface area (Å²) in [5.74, 6) is -1.43. The van der Waals surface area contributed by atoms with Crippen LogP contribution >= 0.6 is 0 Å². The first-order valence-electron chi connectivity index (χ1n) is 11.3. The summed E-state index contributed by atoms with van der Waals surface area (Å²) in [5.41, 5.74) is 2.57. The Morgan fingerprint density at radius 1 is 1.12 bits per heavy atom. The molecule has 1 aliphatic carbocycles. The van der Waals surface area contributed by atoms with Crippen LogP contribution in [0.1, 0.15) is 50.0 Å². The smallest absolute Gasteiger partial charge is 0.346 e. The van der Waals surface area contributed by atoms with E-state index in [0.717, 1.165) is 34.8 Å². The van der Waals surface area contributed by atoms with Gasteiger partial charge in [-0.2, -0.15) is 18.3 Å². The minimum atomic E-state index is -4.29. The van der Waals surface area contributed by atoms with Crippen LogP contribution in [-0.4, -0.2) is 58.1 Å². The zero-order valence-corrected chi connectivity index (χ0v) is 18.9. The molecule has 1 aliphatic heterocycles. The van der Waals surface area contributed by atoms with Crippen molar-refractivity contribution in [1.82, 2.24) is 25.1 Å². The molecule has 1 N–H and O–H groups in total. The Balaban J connectivity index is 1.36. The van der Waals surface area contributed by atoms with Crippen molar-refractivity contribution in [3.8, 4) is 0 Å². The molecule has 0 spiro atoms. The van der Waals surface area contributed by atoms with Crippen molar-refractivity contribution in [1.29, 1.82) is 0 Å². The number of thiol groups is 1. The Morgan fingerprint density at radius 3 is 2.64 bits per heavy atom. The number of rotatable bonds is 4. The van der Waals surface area contributed by atoms with E-state index in [4.69, 9.17) is 0 Å². The van der Waals surface area contributed by atoms with Gasteiger partial charge in [-0.15, -0.1) is 5.10 Å². The SMILES string of the molecule is O=[SH](=O)C(C1CCC(c2cnnc3cnc4[nH]ccc4c23)CC1)N1CCCC(C(F)(F)F)C1. The molecular formula is C22H26F3N5O2S. The predicted molar refractivity (Wildman–Crippen MR) is 118 cm³/mol. The molecule has 33 heavy (non-hydrogen) atoms. The van der Waals surface area contributed by atoms with Gasteiger partial charge in [0.1, 0.15) is 16.5 Å². The lowest BCUT2D eigenvalue weighted by Gasteiger charge is -2.41. The van der Waals surface area contributed by atoms with E-state index in [0.29, 0.717) is 31.3 Å². The van der Waals surface area contributed by atoms with Gasteiger partial charge in [0.15, 0.2) is 10.7 Å². The highest BCUT2D eigenvalue weighted by Gasteiger charge is 2.45. The fourth-order valence-corrected chi connectivity index (χ4v) is 6.87. The van der Waals surface area contributed by atoms with Crippen LogP contribution in [0.2, 0.25) is 0 Å². The van der Waals surface area contributed by atoms with E-state index in [-0.39, 0.29) is 24.8 Å². The fraction of sp³-hybridized carbons (Fsp3) is 0.591. The second-order valence-corrected chi connectivity index (χ2v) is 10.3. The molecule has 2 aliphatic rings. The lowest BCUT2D eigenvalue weighted by molar-refractivity contribution is -0.188. The number of aromatic nitrogens is 4. The van der Waals surface area contributed by atoms with Gasteiger partial charge in [-0.05, 0) is 68.5 Å². The van der Waals surface area contributed by atoms with E-state index in [1.165, 1.54) is 0 Å². The molecule has 3 aromatic rings. The lowest BCUT2D eigenvalue weighted by Crippen LogP contribution is -2.50. The second kappa shape index (κ2) is 8.83. The number of piperidine rings is 1. The molecule has 2 atom stereocenters. The van der Waals surface area contributed by atoms with E-state index in [9.17, 15) is 21.6 Å². The number of likely N-dealkylation sites (tertiary alicyclic amines) is 1. The third kappa shape index (κ3) is 4.32. The second-order valence-electron chi connectivity index (χ2n) is 9.24. The maximum Gasteiger partial charge on any atom is 0.393 e. The third-order valence-corrected chi connectivity index (χ3v) is 8.54. The largest absolute Gasteiger partial charge is 0.393 e. The minimum absolute atomic E-state index is 0.0691. The van der Waals surface area contributed by atoms with Gasteiger partial charge in [0.25, 0.3) is 0 Å². The highest BCUT2D eigenvalue weighted by Crippen LogP contribution is 2.42. The molecule has 0 amide bonds. The maximum absolute atomic E-state index is 13.3. The average Bonchev–Trinajstić information content (AvgIpc) is 3.28. The number of alkyl halides is 3. The van der Waals surface area contributed by atoms with Gasteiger partial charge in [0.05, 0.1) is 18.3 Å². The van der Waals surface area contributed by atoms with Crippen LogP contribution in [0.5, 0.6) is 0 Å². The number of H-pyrrole nitrogens is 1. The van der Waals surface area contributed by atoms with Crippen LogP contribution in [-0.2, 0) is 10.7 Å². The summed E-state index contributed by atoms with van der Waals surface area (Å²) < 4.78 is 64.2. The molecule has 0 aromatic carbocycles. The van der Waals surface area contributed by atoms with Crippen molar-refractivity contribution >= 4 is 32.6 Å². The van der Waals surface area contributed by atoms with Crippen LogP contribution in [0.25, 0.3) is 21.9 Å². The normalized spacial score (nSPS) is 26.2. The van der Waals surface area contributed by atoms with Crippen LogP contribution in [0.4, 0.5) is 13.2 Å². The van der Waals surface area contributed by atoms with Gasteiger partial charge < -0.3 is 4.98 Å². The molecule has 11 heteroatoms.